The first-order chi connectivity index (χ1) is 7.50. The van der Waals surface area contributed by atoms with Crippen LogP contribution in [0.3, 0.4) is 0 Å². The summed E-state index contributed by atoms with van der Waals surface area (Å²) in [6, 6.07) is -0.527. The maximum absolute atomic E-state index is 11.9. The molecule has 1 saturated heterocycles. The lowest BCUT2D eigenvalue weighted by Gasteiger charge is -2.33. The number of hydrogen-bond acceptors (Lipinski definition) is 3. The van der Waals surface area contributed by atoms with Crippen LogP contribution in [0.4, 0.5) is 0 Å². The van der Waals surface area contributed by atoms with Gasteiger partial charge < -0.3 is 5.11 Å². The van der Waals surface area contributed by atoms with E-state index in [-0.39, 0.29) is 30.1 Å². The molecule has 2 fully saturated rings. The van der Waals surface area contributed by atoms with Crippen molar-refractivity contribution in [3.8, 4) is 0 Å². The Morgan fingerprint density at radius 3 is 2.31 bits per heavy atom. The zero-order valence-electron chi connectivity index (χ0n) is 9.18. The smallest absolute Gasteiger partial charge is 0.305 e. The van der Waals surface area contributed by atoms with Gasteiger partial charge in [-0.2, -0.15) is 0 Å². The van der Waals surface area contributed by atoms with E-state index in [4.69, 9.17) is 5.11 Å². The fraction of sp³-hybridized carbons (Fsp3) is 0.727. The third-order valence-corrected chi connectivity index (χ3v) is 3.52. The van der Waals surface area contributed by atoms with Gasteiger partial charge in [0, 0.05) is 17.9 Å². The first-order valence-corrected chi connectivity index (χ1v) is 5.59. The SMILES string of the molecule is CC(CC(=O)O)N1C(=O)C2CCC(C2)C1=O. The molecule has 2 bridgehead atoms. The zero-order valence-corrected chi connectivity index (χ0v) is 9.18. The molecule has 5 heteroatoms. The van der Waals surface area contributed by atoms with E-state index in [2.05, 4.69) is 0 Å². The van der Waals surface area contributed by atoms with Crippen LogP contribution in [-0.4, -0.2) is 33.8 Å². The van der Waals surface area contributed by atoms with Gasteiger partial charge in [-0.15, -0.1) is 0 Å². The topological polar surface area (TPSA) is 74.7 Å². The number of amides is 2. The largest absolute Gasteiger partial charge is 0.481 e. The molecule has 2 amide bonds. The van der Waals surface area contributed by atoms with Crippen LogP contribution in [0.1, 0.15) is 32.6 Å². The minimum atomic E-state index is -0.981. The standard InChI is InChI=1S/C11H15NO4/c1-6(4-9(13)14)12-10(15)7-2-3-8(5-7)11(12)16/h6-8H,2-5H2,1H3,(H,13,14). The van der Waals surface area contributed by atoms with Crippen molar-refractivity contribution in [3.05, 3.63) is 0 Å². The minimum absolute atomic E-state index is 0.0565. The molecule has 1 aliphatic heterocycles. The van der Waals surface area contributed by atoms with Gasteiger partial charge in [0.2, 0.25) is 11.8 Å². The molecule has 1 aliphatic carbocycles. The molecule has 2 aliphatic rings. The van der Waals surface area contributed by atoms with Gasteiger partial charge in [0.05, 0.1) is 6.42 Å². The van der Waals surface area contributed by atoms with Crippen molar-refractivity contribution in [3.63, 3.8) is 0 Å². The Kier molecular flexibility index (Phi) is 2.69. The van der Waals surface area contributed by atoms with Crippen molar-refractivity contribution < 1.29 is 19.5 Å². The summed E-state index contributed by atoms with van der Waals surface area (Å²) in [4.78, 5) is 35.6. The average molecular weight is 225 g/mol. The molecular weight excluding hydrogens is 210 g/mol. The van der Waals surface area contributed by atoms with Crippen molar-refractivity contribution in [1.29, 1.82) is 0 Å². The highest BCUT2D eigenvalue weighted by molar-refractivity contribution is 6.01. The molecule has 1 N–H and O–H groups in total. The molecule has 1 heterocycles. The number of imide groups is 1. The molecule has 16 heavy (non-hydrogen) atoms. The summed E-state index contributed by atoms with van der Waals surface area (Å²) in [6.45, 7) is 1.62. The molecule has 1 saturated carbocycles. The van der Waals surface area contributed by atoms with Crippen molar-refractivity contribution >= 4 is 17.8 Å². The molecule has 0 aromatic heterocycles. The Bertz CT molecular complexity index is 330. The Labute approximate surface area is 93.4 Å². The van der Waals surface area contributed by atoms with Gasteiger partial charge >= 0.3 is 5.97 Å². The molecule has 3 atom stereocenters. The van der Waals surface area contributed by atoms with Gasteiger partial charge in [-0.05, 0) is 26.2 Å². The zero-order chi connectivity index (χ0) is 11.9. The maximum Gasteiger partial charge on any atom is 0.305 e. The average Bonchev–Trinajstić information content (AvgIpc) is 2.60. The van der Waals surface area contributed by atoms with Gasteiger partial charge in [0.15, 0.2) is 0 Å². The van der Waals surface area contributed by atoms with Gasteiger partial charge in [-0.1, -0.05) is 0 Å². The lowest BCUT2D eigenvalue weighted by Crippen LogP contribution is -2.51. The molecule has 0 spiro atoms. The number of carbonyl (C=O) groups excluding carboxylic acids is 2. The second-order valence-corrected chi connectivity index (χ2v) is 4.70. The molecule has 3 unspecified atom stereocenters. The van der Waals surface area contributed by atoms with Crippen molar-refractivity contribution in [2.45, 2.75) is 38.6 Å². The van der Waals surface area contributed by atoms with E-state index in [0.717, 1.165) is 12.8 Å². The third-order valence-electron chi connectivity index (χ3n) is 3.52. The summed E-state index contributed by atoms with van der Waals surface area (Å²) < 4.78 is 0. The highest BCUT2D eigenvalue weighted by atomic mass is 16.4. The molecule has 5 nitrogen and oxygen atoms in total. The van der Waals surface area contributed by atoms with E-state index in [1.165, 1.54) is 4.90 Å². The number of carboxylic acid groups (broad SMARTS) is 1. The van der Waals surface area contributed by atoms with Crippen LogP contribution in [0, 0.1) is 11.8 Å². The fourth-order valence-corrected chi connectivity index (χ4v) is 2.71. The molecule has 88 valence electrons. The monoisotopic (exact) mass is 225 g/mol. The molecule has 0 aromatic carbocycles. The predicted octanol–water partition coefficient (Wildman–Crippen LogP) is 0.635. The lowest BCUT2D eigenvalue weighted by molar-refractivity contribution is -0.156. The summed E-state index contributed by atoms with van der Waals surface area (Å²) >= 11 is 0. The van der Waals surface area contributed by atoms with Crippen LogP contribution in [0.15, 0.2) is 0 Å². The molecule has 0 radical (unpaired) electrons. The van der Waals surface area contributed by atoms with Crippen LogP contribution < -0.4 is 0 Å². The Morgan fingerprint density at radius 1 is 1.38 bits per heavy atom. The van der Waals surface area contributed by atoms with Crippen LogP contribution >= 0.6 is 0 Å². The number of nitrogens with zero attached hydrogens (tertiary/aromatic N) is 1. The number of fused-ring (bicyclic) bond motifs is 2. The number of carboxylic acids is 1. The van der Waals surface area contributed by atoms with Gasteiger partial charge in [0.25, 0.3) is 0 Å². The normalized spacial score (nSPS) is 30.7. The van der Waals surface area contributed by atoms with Crippen LogP contribution in [0.25, 0.3) is 0 Å². The van der Waals surface area contributed by atoms with Gasteiger partial charge in [-0.3, -0.25) is 19.3 Å². The Hall–Kier alpha value is -1.39. The summed E-state index contributed by atoms with van der Waals surface area (Å²) in [5.74, 6) is -1.44. The van der Waals surface area contributed by atoms with E-state index < -0.39 is 12.0 Å². The number of piperidine rings is 1. The number of hydrogen-bond donors (Lipinski definition) is 1. The summed E-state index contributed by atoms with van der Waals surface area (Å²) in [5.41, 5.74) is 0. The second kappa shape index (κ2) is 3.88. The highest BCUT2D eigenvalue weighted by Gasteiger charge is 2.46. The van der Waals surface area contributed by atoms with Crippen molar-refractivity contribution in [2.24, 2.45) is 11.8 Å². The first kappa shape index (κ1) is 11.1. The van der Waals surface area contributed by atoms with E-state index >= 15 is 0 Å². The number of rotatable bonds is 3. The van der Waals surface area contributed by atoms with E-state index in [0.29, 0.717) is 6.42 Å². The van der Waals surface area contributed by atoms with Crippen LogP contribution in [0.5, 0.6) is 0 Å². The Balaban J connectivity index is 2.16. The summed E-state index contributed by atoms with van der Waals surface area (Å²) in [5, 5.41) is 8.69. The molecule has 2 rings (SSSR count). The van der Waals surface area contributed by atoms with Crippen LogP contribution in [0.2, 0.25) is 0 Å². The molecule has 0 aromatic rings. The number of likely N-dealkylation sites (tertiary alicyclic amines) is 1. The summed E-state index contributed by atoms with van der Waals surface area (Å²) in [6.07, 6.45) is 2.03. The quantitative estimate of drug-likeness (QED) is 0.715. The lowest BCUT2D eigenvalue weighted by atomic mass is 9.95. The van der Waals surface area contributed by atoms with E-state index in [1.807, 2.05) is 0 Å². The van der Waals surface area contributed by atoms with E-state index in [1.54, 1.807) is 6.92 Å². The predicted molar refractivity (Wildman–Crippen MR) is 54.4 cm³/mol. The third kappa shape index (κ3) is 1.70. The highest BCUT2D eigenvalue weighted by Crippen LogP contribution is 2.39. The van der Waals surface area contributed by atoms with Crippen molar-refractivity contribution in [1.82, 2.24) is 4.90 Å². The van der Waals surface area contributed by atoms with Gasteiger partial charge in [-0.25, -0.2) is 0 Å². The van der Waals surface area contributed by atoms with E-state index in [9.17, 15) is 14.4 Å². The number of carbonyl (C=O) groups is 3. The minimum Gasteiger partial charge on any atom is -0.481 e. The fourth-order valence-electron chi connectivity index (χ4n) is 2.71. The second-order valence-electron chi connectivity index (χ2n) is 4.70. The maximum atomic E-state index is 11.9. The van der Waals surface area contributed by atoms with Gasteiger partial charge in [0.1, 0.15) is 0 Å². The molecular formula is C11H15NO4. The van der Waals surface area contributed by atoms with Crippen molar-refractivity contribution in [2.75, 3.05) is 0 Å². The number of aliphatic carboxylic acids is 1. The first-order valence-electron chi connectivity index (χ1n) is 5.59. The van der Waals surface area contributed by atoms with Crippen LogP contribution in [-0.2, 0) is 14.4 Å². The Morgan fingerprint density at radius 2 is 1.88 bits per heavy atom. The summed E-state index contributed by atoms with van der Waals surface area (Å²) in [7, 11) is 0.